The largest absolute Gasteiger partial charge is 0.460 e. The lowest BCUT2D eigenvalue weighted by Crippen LogP contribution is -2.30. The second kappa shape index (κ2) is 5.89. The molecule has 16 heavy (non-hydrogen) atoms. The zero-order chi connectivity index (χ0) is 12.0. The van der Waals surface area contributed by atoms with E-state index in [0.717, 1.165) is 5.82 Å². The van der Waals surface area contributed by atoms with Crippen LogP contribution in [0.4, 0.5) is 0 Å². The molecule has 6 nitrogen and oxygen atoms in total. The highest BCUT2D eigenvalue weighted by atomic mass is 16.5. The Kier molecular flexibility index (Phi) is 4.50. The lowest BCUT2D eigenvalue weighted by molar-refractivity contribution is -0.677. The van der Waals surface area contributed by atoms with Gasteiger partial charge in [0.2, 0.25) is 6.41 Å². The van der Waals surface area contributed by atoms with Crippen LogP contribution >= 0.6 is 0 Å². The molecule has 0 radical (unpaired) electrons. The first-order valence-electron chi connectivity index (χ1n) is 4.99. The van der Waals surface area contributed by atoms with Gasteiger partial charge in [-0.1, -0.05) is 0 Å². The highest BCUT2D eigenvalue weighted by Crippen LogP contribution is 1.92. The van der Waals surface area contributed by atoms with Crippen molar-refractivity contribution in [2.24, 2.45) is 7.05 Å². The molecule has 1 rings (SSSR count). The predicted molar refractivity (Wildman–Crippen MR) is 55.4 cm³/mol. The van der Waals surface area contributed by atoms with E-state index in [-0.39, 0.29) is 6.54 Å². The summed E-state index contributed by atoms with van der Waals surface area (Å²) in [5, 5.41) is 2.25. The van der Waals surface area contributed by atoms with Crippen LogP contribution in [0.5, 0.6) is 0 Å². The molecule has 1 aromatic heterocycles. The van der Waals surface area contributed by atoms with Crippen LogP contribution in [-0.2, 0) is 27.9 Å². The van der Waals surface area contributed by atoms with Crippen molar-refractivity contribution in [1.29, 1.82) is 0 Å². The van der Waals surface area contributed by atoms with E-state index in [4.69, 9.17) is 4.74 Å². The molecule has 0 aromatic carbocycles. The van der Waals surface area contributed by atoms with E-state index in [1.54, 1.807) is 0 Å². The summed E-state index contributed by atoms with van der Waals surface area (Å²) in [7, 11) is 1.95. The summed E-state index contributed by atoms with van der Waals surface area (Å²) in [6.45, 7) is 2.81. The third-order valence-corrected chi connectivity index (χ3v) is 2.32. The highest BCUT2D eigenvalue weighted by molar-refractivity contribution is 5.73. The summed E-state index contributed by atoms with van der Waals surface area (Å²) >= 11 is 0. The molecule has 0 aliphatic carbocycles. The topological polar surface area (TPSA) is 64.2 Å². The minimum atomic E-state index is -0.429. The molecule has 1 amide bonds. The number of carbonyl (C=O) groups is 2. The number of esters is 1. The molecule has 88 valence electrons. The third kappa shape index (κ3) is 3.38. The summed E-state index contributed by atoms with van der Waals surface area (Å²) in [6, 6.07) is 0. The van der Waals surface area contributed by atoms with E-state index in [1.807, 2.05) is 35.5 Å². The summed E-state index contributed by atoms with van der Waals surface area (Å²) in [6.07, 6.45) is 4.33. The monoisotopic (exact) mass is 226 g/mol. The molecule has 0 fully saturated rings. The molecule has 1 N–H and O–H groups in total. The summed E-state index contributed by atoms with van der Waals surface area (Å²) in [5.74, 6) is 0.656. The standard InChI is InChI=1S/C10H15N3O3/c1-9-12(2)3-4-13(9)5-6-16-10(15)7-11-8-14/h3-4,8H,5-7H2,1-2H3/p+1. The second-order valence-corrected chi connectivity index (χ2v) is 3.37. The van der Waals surface area contributed by atoms with Crippen molar-refractivity contribution in [2.75, 3.05) is 13.2 Å². The van der Waals surface area contributed by atoms with Gasteiger partial charge in [0.25, 0.3) is 5.82 Å². The van der Waals surface area contributed by atoms with Gasteiger partial charge in [0.15, 0.2) is 0 Å². The zero-order valence-electron chi connectivity index (χ0n) is 9.47. The van der Waals surface area contributed by atoms with Gasteiger partial charge in [-0.05, 0) is 0 Å². The molecular weight excluding hydrogens is 210 g/mol. The van der Waals surface area contributed by atoms with Gasteiger partial charge in [-0.2, -0.15) is 0 Å². The molecule has 0 atom stereocenters. The van der Waals surface area contributed by atoms with Crippen molar-refractivity contribution in [3.63, 3.8) is 0 Å². The molecular formula is C10H16N3O3+. The maximum Gasteiger partial charge on any atom is 0.325 e. The Labute approximate surface area is 93.8 Å². The van der Waals surface area contributed by atoms with E-state index in [9.17, 15) is 9.59 Å². The molecule has 0 bridgehead atoms. The molecule has 0 aliphatic heterocycles. The normalized spacial score (nSPS) is 9.88. The van der Waals surface area contributed by atoms with Crippen molar-refractivity contribution in [2.45, 2.75) is 13.5 Å². The van der Waals surface area contributed by atoms with Gasteiger partial charge in [-0.15, -0.1) is 0 Å². The number of carbonyl (C=O) groups excluding carboxylic acids is 2. The number of nitrogens with one attached hydrogen (secondary N) is 1. The van der Waals surface area contributed by atoms with Gasteiger partial charge in [0.05, 0.1) is 7.05 Å². The number of aryl methyl sites for hydroxylation is 1. The number of ether oxygens (including phenoxy) is 1. The molecule has 6 heteroatoms. The van der Waals surface area contributed by atoms with Gasteiger partial charge in [0.1, 0.15) is 32.1 Å². The maximum atomic E-state index is 11.0. The van der Waals surface area contributed by atoms with Crippen LogP contribution in [0.25, 0.3) is 0 Å². The number of hydrogen-bond donors (Lipinski definition) is 1. The van der Waals surface area contributed by atoms with E-state index in [2.05, 4.69) is 5.32 Å². The SMILES string of the molecule is Cc1n(CCOC(=O)CNC=O)cc[n+]1C. The number of hydrogen-bond acceptors (Lipinski definition) is 3. The second-order valence-electron chi connectivity index (χ2n) is 3.37. The van der Waals surface area contributed by atoms with Gasteiger partial charge in [-0.25, -0.2) is 9.13 Å². The highest BCUT2D eigenvalue weighted by Gasteiger charge is 2.09. The molecule has 0 unspecified atom stereocenters. The lowest BCUT2D eigenvalue weighted by Gasteiger charge is -2.03. The first-order valence-corrected chi connectivity index (χ1v) is 4.99. The van der Waals surface area contributed by atoms with Crippen LogP contribution in [-0.4, -0.2) is 30.1 Å². The van der Waals surface area contributed by atoms with Gasteiger partial charge >= 0.3 is 5.97 Å². The molecule has 0 spiro atoms. The van der Waals surface area contributed by atoms with E-state index in [0.29, 0.717) is 19.6 Å². The number of amides is 1. The van der Waals surface area contributed by atoms with Gasteiger partial charge in [-0.3, -0.25) is 9.59 Å². The number of rotatable bonds is 6. The lowest BCUT2D eigenvalue weighted by atomic mass is 10.6. The summed E-state index contributed by atoms with van der Waals surface area (Å²) in [4.78, 5) is 21.0. The van der Waals surface area contributed by atoms with Gasteiger partial charge < -0.3 is 10.1 Å². The van der Waals surface area contributed by atoms with E-state index < -0.39 is 5.97 Å². The zero-order valence-corrected chi connectivity index (χ0v) is 9.47. The average molecular weight is 226 g/mol. The number of nitrogens with zero attached hydrogens (tertiary/aromatic N) is 2. The van der Waals surface area contributed by atoms with Crippen molar-refractivity contribution < 1.29 is 18.9 Å². The Morgan fingerprint density at radius 3 is 3.00 bits per heavy atom. The molecule has 0 aliphatic rings. The van der Waals surface area contributed by atoms with E-state index in [1.165, 1.54) is 0 Å². The minimum absolute atomic E-state index is 0.0814. The van der Waals surface area contributed by atoms with Crippen LogP contribution in [0, 0.1) is 6.92 Å². The maximum absolute atomic E-state index is 11.0. The van der Waals surface area contributed by atoms with Crippen molar-refractivity contribution in [3.05, 3.63) is 18.2 Å². The minimum Gasteiger partial charge on any atom is -0.460 e. The van der Waals surface area contributed by atoms with E-state index >= 15 is 0 Å². The van der Waals surface area contributed by atoms with Gasteiger partial charge in [0, 0.05) is 6.92 Å². The predicted octanol–water partition coefficient (Wildman–Crippen LogP) is -1.09. The smallest absolute Gasteiger partial charge is 0.325 e. The Balaban J connectivity index is 2.28. The fourth-order valence-electron chi connectivity index (χ4n) is 1.27. The fourth-order valence-corrected chi connectivity index (χ4v) is 1.27. The van der Waals surface area contributed by atoms with Crippen LogP contribution in [0.1, 0.15) is 5.82 Å². The van der Waals surface area contributed by atoms with Crippen molar-refractivity contribution >= 4 is 12.4 Å². The third-order valence-electron chi connectivity index (χ3n) is 2.32. The Hall–Kier alpha value is -1.85. The number of imidazole rings is 1. The Bertz CT molecular complexity index is 373. The first-order chi connectivity index (χ1) is 7.65. The van der Waals surface area contributed by atoms with Crippen molar-refractivity contribution in [3.8, 4) is 0 Å². The fraction of sp³-hybridized carbons (Fsp3) is 0.500. The van der Waals surface area contributed by atoms with Crippen LogP contribution in [0.2, 0.25) is 0 Å². The molecule has 0 saturated carbocycles. The molecule has 0 saturated heterocycles. The Morgan fingerprint density at radius 1 is 1.69 bits per heavy atom. The van der Waals surface area contributed by atoms with Crippen LogP contribution < -0.4 is 9.88 Å². The Morgan fingerprint density at radius 2 is 2.44 bits per heavy atom. The summed E-state index contributed by atoms with van der Waals surface area (Å²) in [5.41, 5.74) is 0. The first kappa shape index (κ1) is 12.2. The summed E-state index contributed by atoms with van der Waals surface area (Å²) < 4.78 is 8.89. The molecule has 1 heterocycles. The molecule has 1 aromatic rings. The average Bonchev–Trinajstić information content (AvgIpc) is 2.58. The van der Waals surface area contributed by atoms with Crippen LogP contribution in [0.15, 0.2) is 12.4 Å². The van der Waals surface area contributed by atoms with Crippen LogP contribution in [0.3, 0.4) is 0 Å². The van der Waals surface area contributed by atoms with Crippen molar-refractivity contribution in [1.82, 2.24) is 9.88 Å². The quantitative estimate of drug-likeness (QED) is 0.381. The number of aromatic nitrogens is 2.